The van der Waals surface area contributed by atoms with Crippen molar-refractivity contribution in [2.75, 3.05) is 13.2 Å². The Morgan fingerprint density at radius 1 is 0.708 bits per heavy atom. The van der Waals surface area contributed by atoms with E-state index >= 15 is 0 Å². The van der Waals surface area contributed by atoms with E-state index in [0.717, 1.165) is 43.3 Å². The van der Waals surface area contributed by atoms with E-state index in [4.69, 9.17) is 4.74 Å². The molecule has 0 amide bonds. The lowest BCUT2D eigenvalue weighted by Gasteiger charge is -2.37. The number of rotatable bonds is 10. The molecule has 2 saturated carbocycles. The van der Waals surface area contributed by atoms with Gasteiger partial charge in [0.25, 0.3) is 0 Å². The topological polar surface area (TPSA) is 9.23 Å². The third kappa shape index (κ3) is 7.30. The predicted molar refractivity (Wildman–Crippen MR) is 105 cm³/mol. The molecule has 0 aromatic carbocycles. The van der Waals surface area contributed by atoms with Crippen LogP contribution in [0.3, 0.4) is 0 Å². The van der Waals surface area contributed by atoms with Crippen molar-refractivity contribution in [1.82, 2.24) is 0 Å². The molecular formula is C23H42O. The molecule has 1 nitrogen and oxygen atoms in total. The minimum atomic E-state index is 0.860. The molecule has 2 rings (SSSR count). The summed E-state index contributed by atoms with van der Waals surface area (Å²) >= 11 is 0. The van der Waals surface area contributed by atoms with Crippen LogP contribution in [0.1, 0.15) is 97.3 Å². The molecule has 0 unspecified atom stereocenters. The van der Waals surface area contributed by atoms with Crippen LogP contribution in [-0.2, 0) is 4.74 Å². The summed E-state index contributed by atoms with van der Waals surface area (Å²) in [6.07, 6.45) is 23.1. The second-order valence-corrected chi connectivity index (χ2v) is 8.47. The molecule has 1 heteroatoms. The lowest BCUT2D eigenvalue weighted by molar-refractivity contribution is 0.0649. The summed E-state index contributed by atoms with van der Waals surface area (Å²) in [5, 5.41) is 0. The molecule has 140 valence electrons. The van der Waals surface area contributed by atoms with Crippen molar-refractivity contribution in [2.45, 2.75) is 97.3 Å². The molecule has 0 aliphatic heterocycles. The zero-order valence-electron chi connectivity index (χ0n) is 16.5. The van der Waals surface area contributed by atoms with Gasteiger partial charge in [0.2, 0.25) is 0 Å². The SMILES string of the molecule is CCC/C=C/CCC1CCC(C2CCC(COCCC)CC2)CC1. The molecule has 0 bridgehead atoms. The maximum absolute atomic E-state index is 5.77. The van der Waals surface area contributed by atoms with Gasteiger partial charge in [-0.25, -0.2) is 0 Å². The highest BCUT2D eigenvalue weighted by molar-refractivity contribution is 4.85. The summed E-state index contributed by atoms with van der Waals surface area (Å²) in [4.78, 5) is 0. The molecule has 0 spiro atoms. The number of ether oxygens (including phenoxy) is 1. The zero-order chi connectivity index (χ0) is 17.0. The van der Waals surface area contributed by atoms with Crippen LogP contribution >= 0.6 is 0 Å². The molecule has 0 aromatic heterocycles. The smallest absolute Gasteiger partial charge is 0.0494 e. The van der Waals surface area contributed by atoms with Gasteiger partial charge in [-0.1, -0.05) is 45.3 Å². The molecule has 2 aliphatic rings. The van der Waals surface area contributed by atoms with Crippen LogP contribution in [-0.4, -0.2) is 13.2 Å². The van der Waals surface area contributed by atoms with Gasteiger partial charge in [-0.05, 0) is 87.9 Å². The minimum absolute atomic E-state index is 0.860. The van der Waals surface area contributed by atoms with Gasteiger partial charge in [0.05, 0.1) is 0 Å². The highest BCUT2D eigenvalue weighted by atomic mass is 16.5. The average molecular weight is 335 g/mol. The zero-order valence-corrected chi connectivity index (χ0v) is 16.5. The summed E-state index contributed by atoms with van der Waals surface area (Å²) < 4.78 is 5.77. The van der Waals surface area contributed by atoms with Gasteiger partial charge >= 0.3 is 0 Å². The van der Waals surface area contributed by atoms with Crippen molar-refractivity contribution in [2.24, 2.45) is 23.7 Å². The first-order valence-corrected chi connectivity index (χ1v) is 11.1. The van der Waals surface area contributed by atoms with Crippen molar-refractivity contribution in [3.63, 3.8) is 0 Å². The van der Waals surface area contributed by atoms with Gasteiger partial charge in [0.15, 0.2) is 0 Å². The number of hydrogen-bond acceptors (Lipinski definition) is 1. The Hall–Kier alpha value is -0.300. The number of allylic oxidation sites excluding steroid dienone is 2. The molecule has 0 atom stereocenters. The van der Waals surface area contributed by atoms with Crippen molar-refractivity contribution < 1.29 is 4.74 Å². The largest absolute Gasteiger partial charge is 0.381 e. The Bertz CT molecular complexity index is 319. The van der Waals surface area contributed by atoms with E-state index in [0.29, 0.717) is 0 Å². The van der Waals surface area contributed by atoms with Crippen molar-refractivity contribution in [1.29, 1.82) is 0 Å². The van der Waals surface area contributed by atoms with E-state index in [1.54, 1.807) is 0 Å². The minimum Gasteiger partial charge on any atom is -0.381 e. The fourth-order valence-electron chi connectivity index (χ4n) is 4.90. The van der Waals surface area contributed by atoms with Gasteiger partial charge in [-0.2, -0.15) is 0 Å². The summed E-state index contributed by atoms with van der Waals surface area (Å²) in [5.41, 5.74) is 0. The fourth-order valence-corrected chi connectivity index (χ4v) is 4.90. The average Bonchev–Trinajstić information content (AvgIpc) is 2.63. The van der Waals surface area contributed by atoms with Gasteiger partial charge in [-0.15, -0.1) is 0 Å². The molecule has 0 heterocycles. The van der Waals surface area contributed by atoms with E-state index in [-0.39, 0.29) is 0 Å². The molecular weight excluding hydrogens is 292 g/mol. The maximum atomic E-state index is 5.77. The van der Waals surface area contributed by atoms with Crippen LogP contribution in [0.4, 0.5) is 0 Å². The Kier molecular flexibility index (Phi) is 10.1. The summed E-state index contributed by atoms with van der Waals surface area (Å²) in [5.74, 6) is 3.97. The second-order valence-electron chi connectivity index (χ2n) is 8.47. The third-order valence-electron chi connectivity index (χ3n) is 6.52. The highest BCUT2D eigenvalue weighted by Gasteiger charge is 2.30. The first kappa shape index (κ1) is 20.0. The van der Waals surface area contributed by atoms with Crippen LogP contribution in [0.5, 0.6) is 0 Å². The molecule has 2 aliphatic carbocycles. The van der Waals surface area contributed by atoms with E-state index < -0.39 is 0 Å². The molecule has 0 aromatic rings. The van der Waals surface area contributed by atoms with Crippen LogP contribution in [0.25, 0.3) is 0 Å². The maximum Gasteiger partial charge on any atom is 0.0494 e. The molecule has 2 fully saturated rings. The Morgan fingerprint density at radius 3 is 1.88 bits per heavy atom. The molecule has 0 radical (unpaired) electrons. The standard InChI is InChI=1S/C23H42O/c1-3-5-6-7-8-9-20-10-14-22(15-11-20)23-16-12-21(13-17-23)19-24-18-4-2/h6-7,20-23H,3-5,8-19H2,1-2H3/b7-6+. The van der Waals surface area contributed by atoms with Crippen LogP contribution in [0.2, 0.25) is 0 Å². The monoisotopic (exact) mass is 334 g/mol. The highest BCUT2D eigenvalue weighted by Crippen LogP contribution is 2.42. The third-order valence-corrected chi connectivity index (χ3v) is 6.52. The van der Waals surface area contributed by atoms with Gasteiger partial charge in [0.1, 0.15) is 0 Å². The van der Waals surface area contributed by atoms with Gasteiger partial charge in [-0.3, -0.25) is 0 Å². The van der Waals surface area contributed by atoms with E-state index in [1.165, 1.54) is 77.0 Å². The van der Waals surface area contributed by atoms with Crippen molar-refractivity contribution in [3.8, 4) is 0 Å². The summed E-state index contributed by atoms with van der Waals surface area (Å²) in [6.45, 7) is 6.45. The number of unbranched alkanes of at least 4 members (excludes halogenated alkanes) is 1. The van der Waals surface area contributed by atoms with Crippen LogP contribution < -0.4 is 0 Å². The Morgan fingerprint density at radius 2 is 1.29 bits per heavy atom. The first-order chi connectivity index (χ1) is 11.8. The van der Waals surface area contributed by atoms with Crippen LogP contribution in [0, 0.1) is 23.7 Å². The van der Waals surface area contributed by atoms with E-state index in [2.05, 4.69) is 26.0 Å². The Balaban J connectivity index is 1.56. The van der Waals surface area contributed by atoms with E-state index in [9.17, 15) is 0 Å². The molecule has 24 heavy (non-hydrogen) atoms. The van der Waals surface area contributed by atoms with Crippen molar-refractivity contribution in [3.05, 3.63) is 12.2 Å². The van der Waals surface area contributed by atoms with Gasteiger partial charge in [0, 0.05) is 13.2 Å². The predicted octanol–water partition coefficient (Wildman–Crippen LogP) is 7.16. The lowest BCUT2D eigenvalue weighted by atomic mass is 9.69. The van der Waals surface area contributed by atoms with Crippen molar-refractivity contribution >= 4 is 0 Å². The number of hydrogen-bond donors (Lipinski definition) is 0. The lowest BCUT2D eigenvalue weighted by Crippen LogP contribution is -2.27. The van der Waals surface area contributed by atoms with Crippen LogP contribution in [0.15, 0.2) is 12.2 Å². The summed E-state index contributed by atoms with van der Waals surface area (Å²) in [6, 6.07) is 0. The Labute approximate surface area is 151 Å². The summed E-state index contributed by atoms with van der Waals surface area (Å²) in [7, 11) is 0. The normalized spacial score (nSPS) is 31.6. The molecule has 0 saturated heterocycles. The quantitative estimate of drug-likeness (QED) is 0.304. The first-order valence-electron chi connectivity index (χ1n) is 11.1. The van der Waals surface area contributed by atoms with Gasteiger partial charge < -0.3 is 4.74 Å². The van der Waals surface area contributed by atoms with E-state index in [1.807, 2.05) is 0 Å². The molecule has 0 N–H and O–H groups in total. The fraction of sp³-hybridized carbons (Fsp3) is 0.913. The second kappa shape index (κ2) is 12.1.